The first-order chi connectivity index (χ1) is 35.0. The number of para-hydroxylation sites is 3. The molecule has 0 saturated heterocycles. The molecule has 0 aliphatic carbocycles. The fourth-order valence-corrected chi connectivity index (χ4v) is 14.0. The van der Waals surface area contributed by atoms with E-state index in [0.29, 0.717) is 53.8 Å². The van der Waals surface area contributed by atoms with E-state index >= 15 is 0 Å². The van der Waals surface area contributed by atoms with E-state index in [-0.39, 0.29) is 173 Å². The van der Waals surface area contributed by atoms with Crippen LogP contribution in [-0.4, -0.2) is 83.2 Å². The fourth-order valence-electron chi connectivity index (χ4n) is 7.05. The molecule has 78 heavy (non-hydrogen) atoms. The number of hydrogen-bond acceptors (Lipinski definition) is 15. The van der Waals surface area contributed by atoms with Crippen molar-refractivity contribution in [3.05, 3.63) is 180 Å². The maximum absolute atomic E-state index is 11.2. The molecule has 6 rings (SSSR count). The summed E-state index contributed by atoms with van der Waals surface area (Å²) in [5, 5.41) is 0. The molecule has 0 radical (unpaired) electrons. The molecule has 0 bridgehead atoms. The Labute approximate surface area is 581 Å². The molecule has 30 heteroatoms. The molecular formula is C48H54K3O21P3S3. The molecule has 0 spiro atoms. The molecule has 408 valence electrons. The summed E-state index contributed by atoms with van der Waals surface area (Å²) >= 11 is 0. The van der Waals surface area contributed by atoms with Crippen LogP contribution in [0.2, 0.25) is 0 Å². The van der Waals surface area contributed by atoms with Gasteiger partial charge in [-0.15, -0.1) is 0 Å². The largest absolute Gasteiger partial charge is 1.00 e. The van der Waals surface area contributed by atoms with Gasteiger partial charge in [-0.25, -0.2) is 25.3 Å². The van der Waals surface area contributed by atoms with Crippen LogP contribution in [0.25, 0.3) is 0 Å². The van der Waals surface area contributed by atoms with E-state index in [1.807, 2.05) is 54.6 Å². The minimum atomic E-state index is -5.06. The standard InChI is InChI=1S/3C16H19O7PS.3K/c3*17-24(18,19)16(25(20,21)22)11-5-7-13-6-4-10-15(12-13)23-14-8-2-1-3-9-14;;;/h3*1-4,6,8-10,12,16H,5,7,11H2,(H2,17,18,19)(H,20,21,22);;;/q;;;3*+1/p-3/t3*16-;;;/m111.../s1. The van der Waals surface area contributed by atoms with Gasteiger partial charge in [-0.1, -0.05) is 91.0 Å². The summed E-state index contributed by atoms with van der Waals surface area (Å²) in [7, 11) is -30.2. The van der Waals surface area contributed by atoms with Crippen molar-refractivity contribution in [1.29, 1.82) is 0 Å². The monoisotopic (exact) mass is 1270 g/mol. The summed E-state index contributed by atoms with van der Waals surface area (Å²) in [6.45, 7) is 0. The van der Waals surface area contributed by atoms with Gasteiger partial charge in [0, 0.05) is 0 Å². The van der Waals surface area contributed by atoms with Crippen molar-refractivity contribution in [2.75, 3.05) is 0 Å². The predicted octanol–water partition coefficient (Wildman–Crippen LogP) is -0.436. The van der Waals surface area contributed by atoms with Crippen molar-refractivity contribution in [2.24, 2.45) is 0 Å². The Kier molecular flexibility index (Phi) is 34.9. The first kappa shape index (κ1) is 75.8. The van der Waals surface area contributed by atoms with Crippen LogP contribution in [0.3, 0.4) is 0 Å². The van der Waals surface area contributed by atoms with Crippen LogP contribution in [0.15, 0.2) is 164 Å². The first-order valence-corrected chi connectivity index (χ1v) is 31.9. The second-order valence-corrected chi connectivity index (χ2v) is 27.6. The number of benzene rings is 6. The average Bonchev–Trinajstić information content (AvgIpc) is 3.30. The van der Waals surface area contributed by atoms with Gasteiger partial charge in [0.1, 0.15) is 64.9 Å². The second-order valence-electron chi connectivity index (χ2n) is 16.5. The van der Waals surface area contributed by atoms with Crippen LogP contribution >= 0.6 is 22.8 Å². The molecular weight excluding hydrogens is 1220 g/mol. The Morgan fingerprint density at radius 3 is 0.744 bits per heavy atom. The van der Waals surface area contributed by atoms with Gasteiger partial charge >= 0.3 is 177 Å². The van der Waals surface area contributed by atoms with Gasteiger partial charge in [-0.2, -0.15) is 0 Å². The van der Waals surface area contributed by atoms with Crippen LogP contribution in [0.4, 0.5) is 0 Å². The number of ether oxygens (including phenoxy) is 3. The van der Waals surface area contributed by atoms with E-state index in [1.165, 1.54) is 0 Å². The van der Waals surface area contributed by atoms with E-state index in [2.05, 4.69) is 0 Å². The molecule has 21 nitrogen and oxygen atoms in total. The Morgan fingerprint density at radius 2 is 0.551 bits per heavy atom. The van der Waals surface area contributed by atoms with Crippen LogP contribution in [0.5, 0.6) is 34.5 Å². The quantitative estimate of drug-likeness (QED) is 0.0254. The van der Waals surface area contributed by atoms with E-state index in [4.69, 9.17) is 43.6 Å². The third-order valence-electron chi connectivity index (χ3n) is 10.5. The second kappa shape index (κ2) is 36.0. The SMILES string of the molecule is O=P(O)(O)[C@@H](CCCc1cccc(Oc2ccccc2)c1)S(=O)(=O)[O-].O=P(O)(O)[C@@H](CCCc1cccc(Oc2ccccc2)c1)S(=O)(=O)[O-].O=P(O)(O)[C@@H](CCCc1cccc(Oc2ccccc2)c1)S(=O)(=O)[O-].[K+].[K+].[K+]. The van der Waals surface area contributed by atoms with Gasteiger partial charge in [-0.05, 0) is 147 Å². The van der Waals surface area contributed by atoms with Crippen LogP contribution in [0.1, 0.15) is 55.2 Å². The van der Waals surface area contributed by atoms with Gasteiger partial charge in [0.15, 0.2) is 15.0 Å². The summed E-state index contributed by atoms with van der Waals surface area (Å²) < 4.78 is 150. The topological polar surface area (TPSA) is 372 Å². The van der Waals surface area contributed by atoms with E-state index in [1.54, 1.807) is 109 Å². The molecule has 3 atom stereocenters. The van der Waals surface area contributed by atoms with Crippen molar-refractivity contribution in [2.45, 2.75) is 72.8 Å². The molecule has 0 unspecified atom stereocenters. The first-order valence-electron chi connectivity index (χ1n) is 22.4. The van der Waals surface area contributed by atoms with Gasteiger partial charge < -0.3 is 57.2 Å². The molecule has 0 aromatic heterocycles. The zero-order chi connectivity index (χ0) is 55.5. The molecule has 0 aliphatic rings. The average molecular weight is 1270 g/mol. The smallest absolute Gasteiger partial charge is 0.747 e. The summed E-state index contributed by atoms with van der Waals surface area (Å²) in [5.74, 6) is 3.76. The molecule has 6 aromatic rings. The van der Waals surface area contributed by atoms with Crippen LogP contribution in [0, 0.1) is 0 Å². The van der Waals surface area contributed by atoms with Crippen molar-refractivity contribution >= 4 is 53.1 Å². The summed E-state index contributed by atoms with van der Waals surface area (Å²) in [6.07, 6.45) is 0.303. The Bertz CT molecular complexity index is 2900. The summed E-state index contributed by atoms with van der Waals surface area (Å²) in [5.41, 5.74) is 2.42. The van der Waals surface area contributed by atoms with Gasteiger partial charge in [0.2, 0.25) is 0 Å². The molecule has 6 aromatic carbocycles. The molecule has 0 aliphatic heterocycles. The Balaban J connectivity index is 0.000000574. The van der Waals surface area contributed by atoms with Crippen molar-refractivity contribution in [3.8, 4) is 34.5 Å². The Morgan fingerprint density at radius 1 is 0.346 bits per heavy atom. The van der Waals surface area contributed by atoms with Gasteiger partial charge in [0.05, 0.1) is 0 Å². The molecule has 0 amide bonds. The number of rotatable bonds is 24. The van der Waals surface area contributed by atoms with Crippen molar-refractivity contribution in [1.82, 2.24) is 0 Å². The summed E-state index contributed by atoms with van der Waals surface area (Å²) in [4.78, 5) is 47.6. The normalized spacial score (nSPS) is 12.9. The minimum Gasteiger partial charge on any atom is -0.747 e. The molecule has 0 heterocycles. The zero-order valence-corrected chi connectivity index (χ0v) is 57.1. The maximum Gasteiger partial charge on any atom is 1.00 e. The predicted molar refractivity (Wildman–Crippen MR) is 274 cm³/mol. The Hall–Kier alpha value is -0.191. The minimum absolute atomic E-state index is 0. The van der Waals surface area contributed by atoms with Crippen LogP contribution < -0.4 is 168 Å². The third-order valence-corrected chi connectivity index (χ3v) is 21.0. The summed E-state index contributed by atoms with van der Waals surface area (Å²) in [6, 6.07) is 48.6. The van der Waals surface area contributed by atoms with E-state index < -0.39 is 87.4 Å². The van der Waals surface area contributed by atoms with E-state index in [9.17, 15) is 52.6 Å². The zero-order valence-electron chi connectivity index (χ0n) is 42.6. The molecule has 0 saturated carbocycles. The van der Waals surface area contributed by atoms with Crippen molar-refractivity contribution in [3.63, 3.8) is 0 Å². The number of aryl methyl sites for hydroxylation is 3. The van der Waals surface area contributed by atoms with Gasteiger partial charge in [-0.3, -0.25) is 13.7 Å². The van der Waals surface area contributed by atoms with E-state index in [0.717, 1.165) is 16.7 Å². The fraction of sp³-hybridized carbons (Fsp3) is 0.250. The number of hydrogen-bond donors (Lipinski definition) is 6. The molecule has 0 fully saturated rings. The molecule has 6 N–H and O–H groups in total. The van der Waals surface area contributed by atoms with Crippen molar-refractivity contribution < 1.29 is 250 Å². The van der Waals surface area contributed by atoms with Gasteiger partial charge in [0.25, 0.3) is 0 Å². The van der Waals surface area contributed by atoms with Crippen LogP contribution in [-0.2, 0) is 63.3 Å². The maximum atomic E-state index is 11.2. The third kappa shape index (κ3) is 29.6.